The van der Waals surface area contributed by atoms with E-state index in [0.29, 0.717) is 13.0 Å². The van der Waals surface area contributed by atoms with Crippen molar-refractivity contribution >= 4 is 5.71 Å². The normalized spacial score (nSPS) is 13.5. The van der Waals surface area contributed by atoms with E-state index >= 15 is 0 Å². The summed E-state index contributed by atoms with van der Waals surface area (Å²) in [5.74, 6) is -0.489. The number of nitrogens with zero attached hydrogens (tertiary/aromatic N) is 1. The van der Waals surface area contributed by atoms with Gasteiger partial charge in [0.2, 0.25) is 0 Å². The van der Waals surface area contributed by atoms with E-state index in [1.165, 1.54) is 6.08 Å². The Labute approximate surface area is 146 Å². The summed E-state index contributed by atoms with van der Waals surface area (Å²) in [4.78, 5) is 4.47. The van der Waals surface area contributed by atoms with E-state index in [4.69, 9.17) is 0 Å². The lowest BCUT2D eigenvalue weighted by atomic mass is 10.1. The van der Waals surface area contributed by atoms with E-state index in [1.807, 2.05) is 40.0 Å². The summed E-state index contributed by atoms with van der Waals surface area (Å²) in [5.41, 5.74) is 5.68. The van der Waals surface area contributed by atoms with Crippen molar-refractivity contribution in [1.29, 1.82) is 0 Å². The Morgan fingerprint density at radius 3 is 2.21 bits per heavy atom. The highest BCUT2D eigenvalue weighted by Crippen LogP contribution is 2.09. The van der Waals surface area contributed by atoms with Gasteiger partial charge in [-0.25, -0.2) is 4.39 Å². The van der Waals surface area contributed by atoms with Gasteiger partial charge in [0, 0.05) is 30.6 Å². The smallest absolute Gasteiger partial charge is 0.116 e. The second kappa shape index (κ2) is 11.2. The van der Waals surface area contributed by atoms with Gasteiger partial charge in [-0.1, -0.05) is 44.0 Å². The van der Waals surface area contributed by atoms with Gasteiger partial charge in [0.05, 0.1) is 0 Å². The van der Waals surface area contributed by atoms with Crippen molar-refractivity contribution in [3.05, 3.63) is 84.6 Å². The van der Waals surface area contributed by atoms with Crippen LogP contribution < -0.4 is 5.32 Å². The van der Waals surface area contributed by atoms with Crippen molar-refractivity contribution in [2.45, 2.75) is 34.1 Å². The molecule has 0 aromatic heterocycles. The second-order valence-electron chi connectivity index (χ2n) is 5.87. The van der Waals surface area contributed by atoms with Gasteiger partial charge >= 0.3 is 0 Å². The van der Waals surface area contributed by atoms with Crippen LogP contribution in [0.4, 0.5) is 4.39 Å². The molecule has 0 saturated heterocycles. The zero-order valence-electron chi connectivity index (χ0n) is 15.4. The highest BCUT2D eigenvalue weighted by molar-refractivity contribution is 5.98. The number of aliphatic imine (C=N–C) groups is 1. The third kappa shape index (κ3) is 10.3. The predicted molar refractivity (Wildman–Crippen MR) is 106 cm³/mol. The number of hydrogen-bond donors (Lipinski definition) is 1. The standard InChI is InChI=1S/C21H29FN2/c1-9-21(12-18(6)22)14-23-19(7)11-16(4)13-24-20(8)17(5)10-15(2)3/h9-10,12-13,23H,1-2,6-7,11,14H2,3-5,8H3/b16-13+,17-10+,21-12+,24-20+. The molecule has 24 heavy (non-hydrogen) atoms. The first-order valence-corrected chi connectivity index (χ1v) is 7.79. The number of halogens is 1. The molecule has 0 atom stereocenters. The van der Waals surface area contributed by atoms with Crippen LogP contribution in [-0.4, -0.2) is 12.3 Å². The first kappa shape index (κ1) is 21.6. The topological polar surface area (TPSA) is 24.4 Å². The van der Waals surface area contributed by atoms with E-state index in [0.717, 1.165) is 33.7 Å². The Kier molecular flexibility index (Phi) is 10.0. The molecule has 2 nitrogen and oxygen atoms in total. The Morgan fingerprint density at radius 2 is 1.71 bits per heavy atom. The molecule has 0 aromatic rings. The highest BCUT2D eigenvalue weighted by Gasteiger charge is 1.99. The Bertz CT molecular complexity index is 628. The van der Waals surface area contributed by atoms with Crippen LogP contribution in [0.1, 0.15) is 34.1 Å². The summed E-state index contributed by atoms with van der Waals surface area (Å²) in [6.07, 6.45) is 7.45. The minimum Gasteiger partial charge on any atom is -0.384 e. The van der Waals surface area contributed by atoms with Gasteiger partial charge in [0.1, 0.15) is 5.83 Å². The van der Waals surface area contributed by atoms with Crippen LogP contribution in [0, 0.1) is 0 Å². The van der Waals surface area contributed by atoms with Gasteiger partial charge in [0.25, 0.3) is 0 Å². The van der Waals surface area contributed by atoms with E-state index in [-0.39, 0.29) is 0 Å². The molecule has 3 heteroatoms. The van der Waals surface area contributed by atoms with Gasteiger partial charge in [-0.15, -0.1) is 0 Å². The molecular formula is C21H29FN2. The second-order valence-corrected chi connectivity index (χ2v) is 5.87. The van der Waals surface area contributed by atoms with Gasteiger partial charge in [-0.05, 0) is 50.5 Å². The Hall–Kier alpha value is -2.42. The summed E-state index contributed by atoms with van der Waals surface area (Å²) < 4.78 is 12.8. The van der Waals surface area contributed by atoms with Crippen LogP contribution in [-0.2, 0) is 0 Å². The molecule has 0 heterocycles. The van der Waals surface area contributed by atoms with Gasteiger partial charge in [-0.3, -0.25) is 4.99 Å². The third-order valence-corrected chi connectivity index (χ3v) is 3.15. The van der Waals surface area contributed by atoms with Crippen molar-refractivity contribution in [1.82, 2.24) is 5.32 Å². The zero-order chi connectivity index (χ0) is 18.7. The third-order valence-electron chi connectivity index (χ3n) is 3.15. The molecule has 0 bridgehead atoms. The molecule has 0 aliphatic heterocycles. The molecule has 0 aliphatic rings. The Morgan fingerprint density at radius 1 is 1.08 bits per heavy atom. The molecule has 130 valence electrons. The van der Waals surface area contributed by atoms with Crippen molar-refractivity contribution in [2.75, 3.05) is 6.54 Å². The fourth-order valence-electron chi connectivity index (χ4n) is 1.84. The molecule has 1 N–H and O–H groups in total. The minimum absolute atomic E-state index is 0.460. The van der Waals surface area contributed by atoms with Gasteiger partial charge < -0.3 is 5.32 Å². The molecule has 0 radical (unpaired) electrons. The number of hydrogen-bond acceptors (Lipinski definition) is 2. The molecule has 0 saturated carbocycles. The SMILES string of the molecule is C=C/C(=C\C(=C)F)CNC(=C)C/C(C)=C/N=C(C)/C(C)=C/C(=C)C. The fourth-order valence-corrected chi connectivity index (χ4v) is 1.84. The number of nitrogens with one attached hydrogen (secondary N) is 1. The Balaban J connectivity index is 4.68. The van der Waals surface area contributed by atoms with Crippen molar-refractivity contribution in [3.8, 4) is 0 Å². The maximum atomic E-state index is 12.8. The van der Waals surface area contributed by atoms with E-state index in [9.17, 15) is 4.39 Å². The largest absolute Gasteiger partial charge is 0.384 e. The van der Waals surface area contributed by atoms with Crippen molar-refractivity contribution < 1.29 is 4.39 Å². The molecule has 0 aliphatic carbocycles. The van der Waals surface area contributed by atoms with Crippen LogP contribution in [0.2, 0.25) is 0 Å². The molecule has 0 rings (SSSR count). The molecule has 0 spiro atoms. The van der Waals surface area contributed by atoms with E-state index < -0.39 is 5.83 Å². The lowest BCUT2D eigenvalue weighted by molar-refractivity contribution is 0.668. The van der Waals surface area contributed by atoms with Crippen molar-refractivity contribution in [3.63, 3.8) is 0 Å². The maximum absolute atomic E-state index is 12.8. The van der Waals surface area contributed by atoms with Crippen LogP contribution in [0.25, 0.3) is 0 Å². The lowest BCUT2D eigenvalue weighted by Gasteiger charge is -2.10. The van der Waals surface area contributed by atoms with Gasteiger partial charge in [0.15, 0.2) is 0 Å². The molecule has 0 unspecified atom stereocenters. The zero-order valence-corrected chi connectivity index (χ0v) is 15.4. The predicted octanol–water partition coefficient (Wildman–Crippen LogP) is 5.96. The highest BCUT2D eigenvalue weighted by atomic mass is 19.1. The van der Waals surface area contributed by atoms with E-state index in [1.54, 1.807) is 6.08 Å². The van der Waals surface area contributed by atoms with Crippen molar-refractivity contribution in [2.24, 2.45) is 4.99 Å². The summed E-state index contributed by atoms with van der Waals surface area (Å²) in [5, 5.41) is 3.15. The average molecular weight is 328 g/mol. The molecule has 0 fully saturated rings. The fraction of sp³-hybridized carbons (Fsp3) is 0.286. The number of rotatable bonds is 10. The van der Waals surface area contributed by atoms with Crippen LogP contribution in [0.15, 0.2) is 89.6 Å². The lowest BCUT2D eigenvalue weighted by Crippen LogP contribution is -2.15. The maximum Gasteiger partial charge on any atom is 0.116 e. The number of allylic oxidation sites excluding steroid dienone is 6. The molecule has 0 aromatic carbocycles. The minimum atomic E-state index is -0.489. The first-order valence-electron chi connectivity index (χ1n) is 7.79. The summed E-state index contributed by atoms with van der Waals surface area (Å²) in [7, 11) is 0. The van der Waals surface area contributed by atoms with Crippen LogP contribution in [0.5, 0.6) is 0 Å². The quantitative estimate of drug-likeness (QED) is 0.388. The summed E-state index contributed by atoms with van der Waals surface area (Å²) >= 11 is 0. The van der Waals surface area contributed by atoms with Gasteiger partial charge in [-0.2, -0.15) is 0 Å². The molecule has 0 amide bonds. The monoisotopic (exact) mass is 328 g/mol. The van der Waals surface area contributed by atoms with Crippen LogP contribution >= 0.6 is 0 Å². The first-order chi connectivity index (χ1) is 11.1. The van der Waals surface area contributed by atoms with E-state index in [2.05, 4.69) is 36.6 Å². The summed E-state index contributed by atoms with van der Waals surface area (Å²) in [6.45, 7) is 23.1. The van der Waals surface area contributed by atoms with Crippen LogP contribution in [0.3, 0.4) is 0 Å². The summed E-state index contributed by atoms with van der Waals surface area (Å²) in [6, 6.07) is 0. The molecular weight excluding hydrogens is 299 g/mol. The average Bonchev–Trinajstić information content (AvgIpc) is 2.47.